The number of rotatable bonds is 6. The van der Waals surface area contributed by atoms with E-state index in [1.807, 2.05) is 35.2 Å². The van der Waals surface area contributed by atoms with Crippen molar-refractivity contribution in [2.45, 2.75) is 19.6 Å². The zero-order valence-electron chi connectivity index (χ0n) is 15.4. The number of methoxy groups -OCH3 is 1. The molecule has 3 rings (SSSR count). The van der Waals surface area contributed by atoms with Crippen LogP contribution in [0.25, 0.3) is 0 Å². The molecule has 0 bridgehead atoms. The third-order valence-electron chi connectivity index (χ3n) is 4.65. The van der Waals surface area contributed by atoms with Crippen LogP contribution in [0.1, 0.15) is 12.5 Å². The summed E-state index contributed by atoms with van der Waals surface area (Å²) < 4.78 is 11.1. The largest absolute Gasteiger partial charge is 0.493 e. The fourth-order valence-electron chi connectivity index (χ4n) is 3.18. The van der Waals surface area contributed by atoms with Crippen molar-refractivity contribution in [1.29, 1.82) is 0 Å². The zero-order valence-corrected chi connectivity index (χ0v) is 15.4. The Bertz CT molecular complexity index is 712. The van der Waals surface area contributed by atoms with E-state index < -0.39 is 6.10 Å². The lowest BCUT2D eigenvalue weighted by Crippen LogP contribution is -2.51. The minimum absolute atomic E-state index is 0.0234. The molecule has 0 N–H and O–H groups in total. The number of carbonyl (C=O) groups is 1. The number of piperazine rings is 1. The summed E-state index contributed by atoms with van der Waals surface area (Å²) in [5, 5.41) is 0. The lowest BCUT2D eigenvalue weighted by atomic mass is 10.2. The summed E-state index contributed by atoms with van der Waals surface area (Å²) in [6.07, 6.45) is -0.535. The van der Waals surface area contributed by atoms with Gasteiger partial charge in [-0.2, -0.15) is 0 Å². The van der Waals surface area contributed by atoms with Crippen LogP contribution in [0.15, 0.2) is 54.6 Å². The minimum Gasteiger partial charge on any atom is -0.493 e. The maximum atomic E-state index is 12.7. The molecule has 1 heterocycles. The molecule has 5 nitrogen and oxygen atoms in total. The SMILES string of the molecule is COc1ccccc1O[C@H](C)C(=O)N1CCN(Cc2ccccc2)CC1. The molecule has 26 heavy (non-hydrogen) atoms. The van der Waals surface area contributed by atoms with Crippen molar-refractivity contribution in [3.05, 3.63) is 60.2 Å². The van der Waals surface area contributed by atoms with Gasteiger partial charge in [0, 0.05) is 32.7 Å². The van der Waals surface area contributed by atoms with E-state index in [1.54, 1.807) is 14.0 Å². The molecule has 1 amide bonds. The van der Waals surface area contributed by atoms with Crippen molar-refractivity contribution in [3.63, 3.8) is 0 Å². The van der Waals surface area contributed by atoms with Crippen LogP contribution >= 0.6 is 0 Å². The maximum Gasteiger partial charge on any atom is 0.263 e. The van der Waals surface area contributed by atoms with Gasteiger partial charge in [-0.3, -0.25) is 9.69 Å². The molecular weight excluding hydrogens is 328 g/mol. The van der Waals surface area contributed by atoms with Gasteiger partial charge in [0.2, 0.25) is 0 Å². The van der Waals surface area contributed by atoms with Crippen molar-refractivity contribution in [1.82, 2.24) is 9.80 Å². The van der Waals surface area contributed by atoms with Crippen LogP contribution in [0, 0.1) is 0 Å². The van der Waals surface area contributed by atoms with Crippen LogP contribution in [0.2, 0.25) is 0 Å². The van der Waals surface area contributed by atoms with E-state index in [0.717, 1.165) is 32.7 Å². The zero-order chi connectivity index (χ0) is 18.4. The number of amides is 1. The van der Waals surface area contributed by atoms with Crippen LogP contribution in [0.3, 0.4) is 0 Å². The molecule has 2 aromatic carbocycles. The van der Waals surface area contributed by atoms with Gasteiger partial charge < -0.3 is 14.4 Å². The van der Waals surface area contributed by atoms with Gasteiger partial charge in [-0.05, 0) is 24.6 Å². The van der Waals surface area contributed by atoms with Gasteiger partial charge in [0.25, 0.3) is 5.91 Å². The quantitative estimate of drug-likeness (QED) is 0.800. The van der Waals surface area contributed by atoms with E-state index >= 15 is 0 Å². The monoisotopic (exact) mass is 354 g/mol. The second kappa shape index (κ2) is 8.72. The van der Waals surface area contributed by atoms with Crippen molar-refractivity contribution in [3.8, 4) is 11.5 Å². The van der Waals surface area contributed by atoms with Crippen molar-refractivity contribution >= 4 is 5.91 Å². The third-order valence-corrected chi connectivity index (χ3v) is 4.65. The Morgan fingerprint density at radius 2 is 1.58 bits per heavy atom. The molecule has 0 aromatic heterocycles. The number of hydrogen-bond acceptors (Lipinski definition) is 4. The summed E-state index contributed by atoms with van der Waals surface area (Å²) in [5.74, 6) is 1.26. The summed E-state index contributed by atoms with van der Waals surface area (Å²) in [6, 6.07) is 17.8. The lowest BCUT2D eigenvalue weighted by molar-refractivity contribution is -0.139. The molecule has 0 radical (unpaired) electrons. The summed E-state index contributed by atoms with van der Waals surface area (Å²) in [4.78, 5) is 17.0. The Balaban J connectivity index is 1.51. The highest BCUT2D eigenvalue weighted by molar-refractivity contribution is 5.81. The predicted octanol–water partition coefficient (Wildman–Crippen LogP) is 2.81. The van der Waals surface area contributed by atoms with Crippen molar-refractivity contribution in [2.75, 3.05) is 33.3 Å². The maximum absolute atomic E-state index is 12.7. The Morgan fingerprint density at radius 1 is 0.962 bits per heavy atom. The smallest absolute Gasteiger partial charge is 0.263 e. The Labute approximate surface area is 155 Å². The van der Waals surface area contributed by atoms with Gasteiger partial charge in [-0.1, -0.05) is 42.5 Å². The number of ether oxygens (including phenoxy) is 2. The molecule has 138 valence electrons. The van der Waals surface area contributed by atoms with Crippen LogP contribution in [-0.2, 0) is 11.3 Å². The number of carbonyl (C=O) groups excluding carboxylic acids is 1. The van der Waals surface area contributed by atoms with Gasteiger partial charge in [0.15, 0.2) is 17.6 Å². The van der Waals surface area contributed by atoms with E-state index in [4.69, 9.17) is 9.47 Å². The number of hydrogen-bond donors (Lipinski definition) is 0. The Kier molecular flexibility index (Phi) is 6.12. The highest BCUT2D eigenvalue weighted by Crippen LogP contribution is 2.27. The Morgan fingerprint density at radius 3 is 2.23 bits per heavy atom. The number of nitrogens with zero attached hydrogens (tertiary/aromatic N) is 2. The normalized spacial score (nSPS) is 16.2. The predicted molar refractivity (Wildman–Crippen MR) is 101 cm³/mol. The fourth-order valence-corrected chi connectivity index (χ4v) is 3.18. The summed E-state index contributed by atoms with van der Waals surface area (Å²) in [5.41, 5.74) is 1.31. The number of benzene rings is 2. The molecule has 0 aliphatic carbocycles. The molecule has 0 unspecified atom stereocenters. The van der Waals surface area contributed by atoms with Crippen LogP contribution in [0.5, 0.6) is 11.5 Å². The van der Waals surface area contributed by atoms with E-state index in [2.05, 4.69) is 29.2 Å². The average molecular weight is 354 g/mol. The first-order chi connectivity index (χ1) is 12.7. The summed E-state index contributed by atoms with van der Waals surface area (Å²) in [7, 11) is 1.60. The van der Waals surface area contributed by atoms with Gasteiger partial charge in [0.1, 0.15) is 0 Å². The molecule has 1 fully saturated rings. The second-order valence-corrected chi connectivity index (χ2v) is 6.50. The van der Waals surface area contributed by atoms with E-state index in [1.165, 1.54) is 5.56 Å². The fraction of sp³-hybridized carbons (Fsp3) is 0.381. The van der Waals surface area contributed by atoms with Gasteiger partial charge in [-0.15, -0.1) is 0 Å². The Hall–Kier alpha value is -2.53. The molecule has 1 aliphatic heterocycles. The van der Waals surface area contributed by atoms with E-state index in [-0.39, 0.29) is 5.91 Å². The molecule has 1 saturated heterocycles. The van der Waals surface area contributed by atoms with E-state index in [9.17, 15) is 4.79 Å². The summed E-state index contributed by atoms with van der Waals surface area (Å²) in [6.45, 7) is 5.93. The van der Waals surface area contributed by atoms with Gasteiger partial charge in [0.05, 0.1) is 7.11 Å². The topological polar surface area (TPSA) is 42.0 Å². The number of para-hydroxylation sites is 2. The standard InChI is InChI=1S/C21H26N2O3/c1-17(26-20-11-7-6-10-19(20)25-2)21(24)23-14-12-22(13-15-23)16-18-8-4-3-5-9-18/h3-11,17H,12-16H2,1-2H3/t17-/m1/s1. The summed E-state index contributed by atoms with van der Waals surface area (Å²) >= 11 is 0. The molecule has 2 aromatic rings. The third kappa shape index (κ3) is 4.55. The first-order valence-electron chi connectivity index (χ1n) is 9.02. The highest BCUT2D eigenvalue weighted by atomic mass is 16.5. The molecular formula is C21H26N2O3. The first kappa shape index (κ1) is 18.3. The molecule has 5 heteroatoms. The van der Waals surface area contributed by atoms with Crippen molar-refractivity contribution in [2.24, 2.45) is 0 Å². The van der Waals surface area contributed by atoms with Gasteiger partial charge in [-0.25, -0.2) is 0 Å². The second-order valence-electron chi connectivity index (χ2n) is 6.50. The van der Waals surface area contributed by atoms with Crippen LogP contribution < -0.4 is 9.47 Å². The van der Waals surface area contributed by atoms with Crippen molar-refractivity contribution < 1.29 is 14.3 Å². The molecule has 0 saturated carbocycles. The first-order valence-corrected chi connectivity index (χ1v) is 9.02. The van der Waals surface area contributed by atoms with Crippen LogP contribution in [-0.4, -0.2) is 55.1 Å². The van der Waals surface area contributed by atoms with Crippen LogP contribution in [0.4, 0.5) is 0 Å². The molecule has 0 spiro atoms. The molecule has 1 atom stereocenters. The average Bonchev–Trinajstić information content (AvgIpc) is 2.69. The molecule has 1 aliphatic rings. The highest BCUT2D eigenvalue weighted by Gasteiger charge is 2.26. The minimum atomic E-state index is -0.535. The van der Waals surface area contributed by atoms with E-state index in [0.29, 0.717) is 11.5 Å². The lowest BCUT2D eigenvalue weighted by Gasteiger charge is -2.36. The van der Waals surface area contributed by atoms with Gasteiger partial charge >= 0.3 is 0 Å².